The molecule has 0 bridgehead atoms. The van der Waals surface area contributed by atoms with Crippen LogP contribution in [-0.2, 0) is 14.9 Å². The zero-order chi connectivity index (χ0) is 17.6. The average molecular weight is 402 g/mol. The fourth-order valence-electron chi connectivity index (χ4n) is 4.73. The lowest BCUT2D eigenvalue weighted by atomic mass is 9.88. The van der Waals surface area contributed by atoms with Crippen LogP contribution in [0.4, 0.5) is 0 Å². The fraction of sp³-hybridized carbons (Fsp3) is 0.667. The maximum Gasteiger partial charge on any atom is 0.282 e. The third kappa shape index (κ3) is 3.41. The Labute approximate surface area is 162 Å². The van der Waals surface area contributed by atoms with Crippen molar-refractivity contribution in [2.24, 2.45) is 11.8 Å². The Bertz CT molecular complexity index is 739. The van der Waals surface area contributed by atoms with Gasteiger partial charge in [0.1, 0.15) is 0 Å². The number of aryl methyl sites for hydroxylation is 1. The number of morpholine rings is 1. The molecule has 3 fully saturated rings. The van der Waals surface area contributed by atoms with Crippen LogP contribution < -0.4 is 0 Å². The van der Waals surface area contributed by atoms with E-state index in [1.807, 2.05) is 0 Å². The second-order valence-electron chi connectivity index (χ2n) is 7.50. The summed E-state index contributed by atoms with van der Waals surface area (Å²) >= 11 is 0. The Balaban J connectivity index is 0.00000196. The van der Waals surface area contributed by atoms with Gasteiger partial charge < -0.3 is 4.74 Å². The van der Waals surface area contributed by atoms with Crippen LogP contribution in [0.15, 0.2) is 24.3 Å². The van der Waals surface area contributed by atoms with Gasteiger partial charge in [-0.2, -0.15) is 17.0 Å². The maximum absolute atomic E-state index is 13.0. The molecule has 8 heteroatoms. The van der Waals surface area contributed by atoms with Gasteiger partial charge >= 0.3 is 0 Å². The second-order valence-corrected chi connectivity index (χ2v) is 9.43. The lowest BCUT2D eigenvalue weighted by Gasteiger charge is -2.32. The number of ether oxygens (including phenoxy) is 1. The Morgan fingerprint density at radius 3 is 2.42 bits per heavy atom. The first kappa shape index (κ1) is 20.0. The molecule has 3 aliphatic rings. The predicted octanol–water partition coefficient (Wildman–Crippen LogP) is 1.53. The minimum absolute atomic E-state index is 0. The van der Waals surface area contributed by atoms with Crippen LogP contribution in [0.5, 0.6) is 0 Å². The quantitative estimate of drug-likeness (QED) is 0.770. The summed E-state index contributed by atoms with van der Waals surface area (Å²) in [5, 5.41) is 0. The number of nitrogens with zero attached hydrogens (tertiary/aromatic N) is 3. The molecule has 6 nitrogen and oxygen atoms in total. The van der Waals surface area contributed by atoms with Crippen molar-refractivity contribution in [2.45, 2.75) is 13.0 Å². The number of hydrogen-bond acceptors (Lipinski definition) is 4. The monoisotopic (exact) mass is 401 g/mol. The summed E-state index contributed by atoms with van der Waals surface area (Å²) in [7, 11) is -1.21. The Hall–Kier alpha value is -0.700. The van der Waals surface area contributed by atoms with Gasteiger partial charge in [0.2, 0.25) is 0 Å². The molecule has 0 aromatic heterocycles. The molecule has 3 heterocycles. The van der Waals surface area contributed by atoms with E-state index >= 15 is 0 Å². The van der Waals surface area contributed by atoms with Gasteiger partial charge in [-0.3, -0.25) is 4.90 Å². The number of benzene rings is 1. The van der Waals surface area contributed by atoms with Crippen molar-refractivity contribution in [3.05, 3.63) is 35.4 Å². The van der Waals surface area contributed by atoms with Gasteiger partial charge in [0.15, 0.2) is 0 Å². The Kier molecular flexibility index (Phi) is 5.96. The highest BCUT2D eigenvalue weighted by Gasteiger charge is 2.50. The van der Waals surface area contributed by atoms with Crippen LogP contribution in [0.25, 0.3) is 0 Å². The zero-order valence-corrected chi connectivity index (χ0v) is 17.0. The van der Waals surface area contributed by atoms with Gasteiger partial charge in [-0.1, -0.05) is 24.3 Å². The lowest BCUT2D eigenvalue weighted by molar-refractivity contribution is 0.0703. The molecule has 0 radical (unpaired) electrons. The summed E-state index contributed by atoms with van der Waals surface area (Å²) in [5.41, 5.74) is 2.62. The summed E-state index contributed by atoms with van der Waals surface area (Å²) in [5.74, 6) is 0.771. The lowest BCUT2D eigenvalue weighted by Crippen LogP contribution is -2.48. The first-order valence-corrected chi connectivity index (χ1v) is 10.5. The third-order valence-electron chi connectivity index (χ3n) is 5.99. The molecule has 0 aliphatic carbocycles. The van der Waals surface area contributed by atoms with Crippen molar-refractivity contribution in [1.82, 2.24) is 13.5 Å². The van der Waals surface area contributed by atoms with Crippen LogP contribution in [0.2, 0.25) is 0 Å². The van der Waals surface area contributed by atoms with Crippen molar-refractivity contribution in [1.29, 1.82) is 0 Å². The molecule has 3 saturated heterocycles. The molecule has 146 valence electrons. The smallest absolute Gasteiger partial charge is 0.282 e. The highest BCUT2D eigenvalue weighted by Crippen LogP contribution is 2.45. The number of rotatable bonds is 3. The molecular formula is C18H28ClN3O3S. The van der Waals surface area contributed by atoms with Crippen molar-refractivity contribution < 1.29 is 13.2 Å². The maximum atomic E-state index is 13.0. The largest absolute Gasteiger partial charge is 0.379 e. The van der Waals surface area contributed by atoms with Crippen molar-refractivity contribution in [3.8, 4) is 0 Å². The molecule has 1 aromatic rings. The fourth-order valence-corrected chi connectivity index (χ4v) is 6.41. The first-order chi connectivity index (χ1) is 12.0. The Morgan fingerprint density at radius 2 is 1.73 bits per heavy atom. The highest BCUT2D eigenvalue weighted by atomic mass is 35.5. The number of fused-ring (bicyclic) bond motifs is 1. The molecule has 3 atom stereocenters. The zero-order valence-electron chi connectivity index (χ0n) is 15.4. The van der Waals surface area contributed by atoms with E-state index in [4.69, 9.17) is 4.74 Å². The van der Waals surface area contributed by atoms with E-state index in [1.165, 1.54) is 11.1 Å². The number of likely N-dealkylation sites (tertiary alicyclic amines) is 1. The van der Waals surface area contributed by atoms with Gasteiger partial charge in [0, 0.05) is 38.8 Å². The molecule has 0 amide bonds. The molecule has 3 aliphatic heterocycles. The average Bonchev–Trinajstić information content (AvgIpc) is 3.14. The molecule has 1 aromatic carbocycles. The summed E-state index contributed by atoms with van der Waals surface area (Å²) in [6.07, 6.45) is 0. The second kappa shape index (κ2) is 7.73. The van der Waals surface area contributed by atoms with Gasteiger partial charge in [0.05, 0.1) is 13.2 Å². The minimum atomic E-state index is -3.37. The van der Waals surface area contributed by atoms with Crippen molar-refractivity contribution in [3.63, 3.8) is 0 Å². The van der Waals surface area contributed by atoms with Gasteiger partial charge in [-0.25, -0.2) is 0 Å². The van der Waals surface area contributed by atoms with Gasteiger partial charge in [-0.15, -0.1) is 12.4 Å². The summed E-state index contributed by atoms with van der Waals surface area (Å²) in [6, 6.07) is 8.79. The van der Waals surface area contributed by atoms with Crippen LogP contribution >= 0.6 is 12.4 Å². The van der Waals surface area contributed by atoms with E-state index in [1.54, 1.807) is 8.61 Å². The van der Waals surface area contributed by atoms with E-state index in [0.717, 1.165) is 6.54 Å². The first-order valence-electron chi connectivity index (χ1n) is 9.07. The normalized spacial score (nSPS) is 30.9. The molecule has 4 rings (SSSR count). The molecular weight excluding hydrogens is 374 g/mol. The van der Waals surface area contributed by atoms with E-state index in [0.29, 0.717) is 57.3 Å². The van der Waals surface area contributed by atoms with E-state index in [9.17, 15) is 8.42 Å². The predicted molar refractivity (Wildman–Crippen MR) is 104 cm³/mol. The number of hydrogen-bond donors (Lipinski definition) is 0. The minimum Gasteiger partial charge on any atom is -0.379 e. The molecule has 0 N–H and O–H groups in total. The van der Waals surface area contributed by atoms with Crippen LogP contribution in [0.1, 0.15) is 17.2 Å². The standard InChI is InChI=1S/C18H27N3O3S.ClH/c1-14-5-3-4-6-16(14)18-17-13-21(12-15(17)11-19(18)2)25(22,23)20-7-9-24-10-8-20;/h3-6,15,17-18H,7-13H2,1-2H3;1H/t15-,17+,18-;/m0./s1. The summed E-state index contributed by atoms with van der Waals surface area (Å²) < 4.78 is 34.6. The topological polar surface area (TPSA) is 53.1 Å². The van der Waals surface area contributed by atoms with E-state index in [2.05, 4.69) is 43.1 Å². The Morgan fingerprint density at radius 1 is 1.04 bits per heavy atom. The molecule has 26 heavy (non-hydrogen) atoms. The van der Waals surface area contributed by atoms with Gasteiger partial charge in [-0.05, 0) is 36.9 Å². The van der Waals surface area contributed by atoms with E-state index < -0.39 is 10.2 Å². The van der Waals surface area contributed by atoms with E-state index in [-0.39, 0.29) is 12.4 Å². The van der Waals surface area contributed by atoms with Crippen LogP contribution in [0.3, 0.4) is 0 Å². The highest BCUT2D eigenvalue weighted by molar-refractivity contribution is 7.86. The summed E-state index contributed by atoms with van der Waals surface area (Å²) in [4.78, 5) is 2.40. The summed E-state index contributed by atoms with van der Waals surface area (Å²) in [6.45, 7) is 6.28. The number of halogens is 1. The SMILES string of the molecule is Cc1ccccc1[C@H]1[C@@H]2CN(S(=O)(=O)N3CCOCC3)C[C@@H]2CN1C.Cl. The van der Waals surface area contributed by atoms with Crippen LogP contribution in [0, 0.1) is 18.8 Å². The third-order valence-corrected chi connectivity index (χ3v) is 7.96. The molecule has 0 spiro atoms. The van der Waals surface area contributed by atoms with Crippen LogP contribution in [-0.4, -0.2) is 74.9 Å². The van der Waals surface area contributed by atoms with Gasteiger partial charge in [0.25, 0.3) is 10.2 Å². The van der Waals surface area contributed by atoms with Crippen molar-refractivity contribution in [2.75, 3.05) is 53.0 Å². The van der Waals surface area contributed by atoms with Crippen molar-refractivity contribution >= 4 is 22.6 Å². The molecule has 0 saturated carbocycles. The molecule has 0 unspecified atom stereocenters.